The molecule has 0 rings (SSSR count). The van der Waals surface area contributed by atoms with Crippen LogP contribution in [0.25, 0.3) is 0 Å². The summed E-state index contributed by atoms with van der Waals surface area (Å²) in [5, 5.41) is 0. The molecule has 0 aliphatic rings. The molecular formula is C10H24Si2. The van der Waals surface area contributed by atoms with Crippen molar-refractivity contribution in [2.24, 2.45) is 0 Å². The third-order valence-electron chi connectivity index (χ3n) is 1.63. The number of allylic oxidation sites excluding steroid dienone is 2. The van der Waals surface area contributed by atoms with Gasteiger partial charge in [0.2, 0.25) is 0 Å². The van der Waals surface area contributed by atoms with Crippen LogP contribution in [0.5, 0.6) is 0 Å². The van der Waals surface area contributed by atoms with E-state index >= 15 is 0 Å². The van der Waals surface area contributed by atoms with E-state index in [1.165, 1.54) is 12.1 Å². The SMILES string of the molecule is C[Si](C)(C)C/C=C/C[Si](C)(C)C. The Kier molecular flexibility index (Phi) is 4.49. The Morgan fingerprint density at radius 1 is 0.667 bits per heavy atom. The van der Waals surface area contributed by atoms with E-state index in [4.69, 9.17) is 0 Å². The third kappa shape index (κ3) is 10.2. The second-order valence-electron chi connectivity index (χ2n) is 6.00. The molecule has 0 N–H and O–H groups in total. The molecule has 0 bridgehead atoms. The fraction of sp³-hybridized carbons (Fsp3) is 0.800. The largest absolute Gasteiger partial charge is 0.0915 e. The molecule has 0 aliphatic heterocycles. The summed E-state index contributed by atoms with van der Waals surface area (Å²) in [5.74, 6) is 0. The summed E-state index contributed by atoms with van der Waals surface area (Å²) >= 11 is 0. The molecule has 0 aliphatic carbocycles. The Balaban J connectivity index is 3.66. The van der Waals surface area contributed by atoms with Crippen LogP contribution in [0.15, 0.2) is 12.2 Å². The third-order valence-corrected chi connectivity index (χ3v) is 4.55. The zero-order chi connectivity index (χ0) is 9.83. The number of hydrogen-bond donors (Lipinski definition) is 0. The first-order valence-electron chi connectivity index (χ1n) is 4.86. The van der Waals surface area contributed by atoms with Crippen LogP contribution in [-0.4, -0.2) is 16.1 Å². The van der Waals surface area contributed by atoms with E-state index in [9.17, 15) is 0 Å². The van der Waals surface area contributed by atoms with Crippen molar-refractivity contribution in [2.75, 3.05) is 0 Å². The van der Waals surface area contributed by atoms with Crippen molar-refractivity contribution in [3.05, 3.63) is 12.2 Å². The quantitative estimate of drug-likeness (QED) is 0.471. The molecule has 0 radical (unpaired) electrons. The van der Waals surface area contributed by atoms with Gasteiger partial charge in [-0.1, -0.05) is 51.4 Å². The second-order valence-corrected chi connectivity index (χ2v) is 17.1. The first kappa shape index (κ1) is 12.2. The molecule has 0 saturated heterocycles. The van der Waals surface area contributed by atoms with Gasteiger partial charge in [0, 0.05) is 16.1 Å². The van der Waals surface area contributed by atoms with Crippen molar-refractivity contribution in [1.29, 1.82) is 0 Å². The minimum atomic E-state index is -0.825. The van der Waals surface area contributed by atoms with Gasteiger partial charge in [0.1, 0.15) is 0 Å². The Bertz CT molecular complexity index is 128. The van der Waals surface area contributed by atoms with E-state index in [-0.39, 0.29) is 0 Å². The molecule has 0 heterocycles. The van der Waals surface area contributed by atoms with Gasteiger partial charge in [-0.15, -0.1) is 0 Å². The molecule has 0 aromatic carbocycles. The minimum absolute atomic E-state index is 0.825. The van der Waals surface area contributed by atoms with Gasteiger partial charge in [0.05, 0.1) is 0 Å². The molecule has 0 saturated carbocycles. The summed E-state index contributed by atoms with van der Waals surface area (Å²) in [6.07, 6.45) is 4.81. The highest BCUT2D eigenvalue weighted by Gasteiger charge is 2.11. The molecule has 0 amide bonds. The summed E-state index contributed by atoms with van der Waals surface area (Å²) in [4.78, 5) is 0. The Morgan fingerprint density at radius 3 is 1.08 bits per heavy atom. The van der Waals surface area contributed by atoms with Crippen molar-refractivity contribution < 1.29 is 0 Å². The number of rotatable bonds is 4. The monoisotopic (exact) mass is 200 g/mol. The van der Waals surface area contributed by atoms with Crippen molar-refractivity contribution in [2.45, 2.75) is 51.4 Å². The molecular weight excluding hydrogens is 176 g/mol. The second kappa shape index (κ2) is 4.42. The molecule has 0 nitrogen and oxygen atoms in total. The van der Waals surface area contributed by atoms with E-state index in [2.05, 4.69) is 51.4 Å². The van der Waals surface area contributed by atoms with E-state index in [1.807, 2.05) is 0 Å². The molecule has 0 aromatic rings. The predicted octanol–water partition coefficient (Wildman–Crippen LogP) is 4.22. The Labute approximate surface area is 80.1 Å². The van der Waals surface area contributed by atoms with Gasteiger partial charge in [0.25, 0.3) is 0 Å². The van der Waals surface area contributed by atoms with Crippen LogP contribution in [0.4, 0.5) is 0 Å². The van der Waals surface area contributed by atoms with Gasteiger partial charge in [-0.3, -0.25) is 0 Å². The van der Waals surface area contributed by atoms with Gasteiger partial charge in [-0.25, -0.2) is 0 Å². The topological polar surface area (TPSA) is 0 Å². The Hall–Kier alpha value is 0.174. The lowest BCUT2D eigenvalue weighted by atomic mass is 10.6. The fourth-order valence-corrected chi connectivity index (χ4v) is 2.62. The summed E-state index contributed by atoms with van der Waals surface area (Å²) in [7, 11) is -1.65. The van der Waals surface area contributed by atoms with Gasteiger partial charge in [-0.2, -0.15) is 0 Å². The lowest BCUT2D eigenvalue weighted by Crippen LogP contribution is -2.19. The van der Waals surface area contributed by atoms with Crippen molar-refractivity contribution in [1.82, 2.24) is 0 Å². The van der Waals surface area contributed by atoms with Crippen molar-refractivity contribution in [3.8, 4) is 0 Å². The van der Waals surface area contributed by atoms with Gasteiger partial charge >= 0.3 is 0 Å². The highest BCUT2D eigenvalue weighted by atomic mass is 28.3. The molecule has 2 heteroatoms. The van der Waals surface area contributed by atoms with Crippen LogP contribution >= 0.6 is 0 Å². The molecule has 0 spiro atoms. The van der Waals surface area contributed by atoms with E-state index in [0.717, 1.165) is 0 Å². The smallest absolute Gasteiger partial charge is 0.0480 e. The molecule has 0 atom stereocenters. The van der Waals surface area contributed by atoms with Crippen LogP contribution in [0.2, 0.25) is 51.4 Å². The maximum Gasteiger partial charge on any atom is 0.0480 e. The summed E-state index contributed by atoms with van der Waals surface area (Å²) in [6.45, 7) is 14.5. The lowest BCUT2D eigenvalue weighted by molar-refractivity contribution is 1.44. The normalized spacial score (nSPS) is 14.2. The van der Waals surface area contributed by atoms with Gasteiger partial charge in [0.15, 0.2) is 0 Å². The van der Waals surface area contributed by atoms with Crippen LogP contribution in [-0.2, 0) is 0 Å². The van der Waals surface area contributed by atoms with Crippen LogP contribution < -0.4 is 0 Å². The van der Waals surface area contributed by atoms with Crippen molar-refractivity contribution >= 4 is 16.1 Å². The fourth-order valence-electron chi connectivity index (χ4n) is 0.874. The van der Waals surface area contributed by atoms with Crippen LogP contribution in [0.3, 0.4) is 0 Å². The van der Waals surface area contributed by atoms with Crippen LogP contribution in [0.1, 0.15) is 0 Å². The average Bonchev–Trinajstić information content (AvgIpc) is 1.76. The minimum Gasteiger partial charge on any atom is -0.0915 e. The lowest BCUT2D eigenvalue weighted by Gasteiger charge is -2.14. The zero-order valence-electron chi connectivity index (χ0n) is 9.57. The highest BCUT2D eigenvalue weighted by molar-refractivity contribution is 6.77. The first-order valence-corrected chi connectivity index (χ1v) is 12.3. The average molecular weight is 200 g/mol. The summed E-state index contributed by atoms with van der Waals surface area (Å²) < 4.78 is 0. The highest BCUT2D eigenvalue weighted by Crippen LogP contribution is 2.12. The van der Waals surface area contributed by atoms with Gasteiger partial charge < -0.3 is 0 Å². The van der Waals surface area contributed by atoms with E-state index < -0.39 is 16.1 Å². The van der Waals surface area contributed by atoms with Gasteiger partial charge in [-0.05, 0) is 12.1 Å². The molecule has 0 unspecified atom stereocenters. The summed E-state index contributed by atoms with van der Waals surface area (Å²) in [5.41, 5.74) is 0. The van der Waals surface area contributed by atoms with E-state index in [0.29, 0.717) is 0 Å². The van der Waals surface area contributed by atoms with E-state index in [1.54, 1.807) is 0 Å². The molecule has 12 heavy (non-hydrogen) atoms. The van der Waals surface area contributed by atoms with Crippen molar-refractivity contribution in [3.63, 3.8) is 0 Å². The number of hydrogen-bond acceptors (Lipinski definition) is 0. The standard InChI is InChI=1S/C10H24Si2/c1-11(2,3)9-7-8-10-12(4,5)6/h7-8H,9-10H2,1-6H3/b8-7+. The molecule has 0 fully saturated rings. The van der Waals surface area contributed by atoms with Crippen LogP contribution in [0, 0.1) is 0 Å². The Morgan fingerprint density at radius 2 is 0.917 bits per heavy atom. The first-order chi connectivity index (χ1) is 5.21. The molecule has 0 aromatic heterocycles. The maximum absolute atomic E-state index is 2.42. The zero-order valence-corrected chi connectivity index (χ0v) is 11.6. The summed E-state index contributed by atoms with van der Waals surface area (Å²) in [6, 6.07) is 2.69. The predicted molar refractivity (Wildman–Crippen MR) is 65.4 cm³/mol. The maximum atomic E-state index is 2.42. The molecule has 72 valence electrons.